The Bertz CT molecular complexity index is 532. The molecule has 1 spiro atoms. The lowest BCUT2D eigenvalue weighted by Gasteiger charge is -2.32. The number of nitrogens with one attached hydrogen (secondary N) is 1. The molecule has 3 fully saturated rings. The maximum Gasteiger partial charge on any atom is 0.224 e. The van der Waals surface area contributed by atoms with Gasteiger partial charge in [0.25, 0.3) is 0 Å². The zero-order chi connectivity index (χ0) is 15.5. The average Bonchev–Trinajstić information content (AvgIpc) is 3.15. The molecule has 2 saturated carbocycles. The molecule has 0 aromatic carbocycles. The lowest BCUT2D eigenvalue weighted by molar-refractivity contribution is -0.134. The van der Waals surface area contributed by atoms with Crippen LogP contribution in [-0.2, 0) is 9.59 Å². The van der Waals surface area contributed by atoms with Gasteiger partial charge in [0.2, 0.25) is 11.8 Å². The highest BCUT2D eigenvalue weighted by Gasteiger charge is 2.69. The van der Waals surface area contributed by atoms with Crippen LogP contribution in [0.4, 0.5) is 0 Å². The van der Waals surface area contributed by atoms with Gasteiger partial charge in [-0.2, -0.15) is 0 Å². The molecule has 5 heteroatoms. The van der Waals surface area contributed by atoms with Crippen molar-refractivity contribution in [3.8, 4) is 0 Å². The molecule has 2 unspecified atom stereocenters. The van der Waals surface area contributed by atoms with Crippen molar-refractivity contribution in [2.75, 3.05) is 20.1 Å². The number of piperidine rings is 1. The Balaban J connectivity index is 1.50. The molecule has 3 aliphatic carbocycles. The maximum atomic E-state index is 12.8. The molecule has 2 bridgehead atoms. The molecule has 1 heterocycles. The van der Waals surface area contributed by atoms with Gasteiger partial charge in [0, 0.05) is 6.04 Å². The van der Waals surface area contributed by atoms with Crippen molar-refractivity contribution < 1.29 is 9.59 Å². The summed E-state index contributed by atoms with van der Waals surface area (Å²) in [6.45, 7) is 2.04. The molecule has 0 radical (unpaired) electrons. The highest BCUT2D eigenvalue weighted by molar-refractivity contribution is 5.89. The first-order valence-electron chi connectivity index (χ1n) is 8.49. The summed E-state index contributed by atoms with van der Waals surface area (Å²) >= 11 is 0. The van der Waals surface area contributed by atoms with Crippen molar-refractivity contribution in [2.24, 2.45) is 34.8 Å². The molecule has 3 N–H and O–H groups in total. The SMILES string of the molecule is CN1CCC(NC(=O)C2C(C(N)=O)[C@@H]3C=C[C@H]2C32CC2)CC1. The number of hydrogen-bond acceptors (Lipinski definition) is 3. The minimum Gasteiger partial charge on any atom is -0.369 e. The molecule has 1 aliphatic heterocycles. The summed E-state index contributed by atoms with van der Waals surface area (Å²) in [5, 5.41) is 3.21. The van der Waals surface area contributed by atoms with Crippen LogP contribution in [0.5, 0.6) is 0 Å². The molecule has 120 valence electrons. The zero-order valence-corrected chi connectivity index (χ0v) is 13.1. The summed E-state index contributed by atoms with van der Waals surface area (Å²) in [7, 11) is 2.11. The molecule has 22 heavy (non-hydrogen) atoms. The minimum absolute atomic E-state index is 0.0569. The van der Waals surface area contributed by atoms with E-state index in [0.717, 1.165) is 38.8 Å². The fraction of sp³-hybridized carbons (Fsp3) is 0.765. The van der Waals surface area contributed by atoms with Crippen LogP contribution >= 0.6 is 0 Å². The molecule has 4 aliphatic rings. The van der Waals surface area contributed by atoms with Crippen molar-refractivity contribution in [3.63, 3.8) is 0 Å². The van der Waals surface area contributed by atoms with Crippen molar-refractivity contribution >= 4 is 11.8 Å². The Labute approximate surface area is 131 Å². The first-order valence-corrected chi connectivity index (χ1v) is 8.49. The second-order valence-corrected chi connectivity index (χ2v) is 7.71. The first-order chi connectivity index (χ1) is 10.5. The highest BCUT2D eigenvalue weighted by Crippen LogP contribution is 2.71. The van der Waals surface area contributed by atoms with E-state index in [1.165, 1.54) is 0 Å². The number of nitrogens with two attached hydrogens (primary N) is 1. The van der Waals surface area contributed by atoms with Gasteiger partial charge < -0.3 is 16.0 Å². The summed E-state index contributed by atoms with van der Waals surface area (Å²) in [4.78, 5) is 27.1. The Kier molecular flexibility index (Phi) is 3.12. The summed E-state index contributed by atoms with van der Waals surface area (Å²) in [5.41, 5.74) is 5.84. The Hall–Kier alpha value is -1.36. The minimum atomic E-state index is -0.302. The number of carbonyl (C=O) groups is 2. The van der Waals surface area contributed by atoms with E-state index in [0.29, 0.717) is 0 Å². The van der Waals surface area contributed by atoms with Crippen LogP contribution in [0, 0.1) is 29.1 Å². The van der Waals surface area contributed by atoms with E-state index in [4.69, 9.17) is 5.73 Å². The number of likely N-dealkylation sites (tertiary alicyclic amines) is 1. The van der Waals surface area contributed by atoms with Crippen LogP contribution in [0.1, 0.15) is 25.7 Å². The van der Waals surface area contributed by atoms with E-state index < -0.39 is 0 Å². The third-order valence-electron chi connectivity index (χ3n) is 6.54. The largest absolute Gasteiger partial charge is 0.369 e. The van der Waals surface area contributed by atoms with E-state index in [-0.39, 0.29) is 46.9 Å². The molecule has 0 aromatic rings. The predicted molar refractivity (Wildman–Crippen MR) is 82.6 cm³/mol. The molecule has 5 nitrogen and oxygen atoms in total. The maximum absolute atomic E-state index is 12.8. The lowest BCUT2D eigenvalue weighted by atomic mass is 9.81. The molecule has 1 saturated heterocycles. The van der Waals surface area contributed by atoms with Gasteiger partial charge in [-0.05, 0) is 63.1 Å². The third kappa shape index (κ3) is 1.94. The van der Waals surface area contributed by atoms with Gasteiger partial charge in [0.05, 0.1) is 11.8 Å². The lowest BCUT2D eigenvalue weighted by Crippen LogP contribution is -2.48. The molecule has 2 amide bonds. The average molecular weight is 303 g/mol. The van der Waals surface area contributed by atoms with Crippen LogP contribution in [0.3, 0.4) is 0 Å². The van der Waals surface area contributed by atoms with Crippen molar-refractivity contribution in [2.45, 2.75) is 31.7 Å². The second-order valence-electron chi connectivity index (χ2n) is 7.71. The van der Waals surface area contributed by atoms with Gasteiger partial charge in [0.1, 0.15) is 0 Å². The van der Waals surface area contributed by atoms with Crippen LogP contribution in [0.15, 0.2) is 12.2 Å². The number of amides is 2. The number of hydrogen-bond donors (Lipinski definition) is 2. The number of rotatable bonds is 3. The normalized spacial score (nSPS) is 39.3. The van der Waals surface area contributed by atoms with Crippen molar-refractivity contribution in [1.29, 1.82) is 0 Å². The van der Waals surface area contributed by atoms with E-state index in [9.17, 15) is 9.59 Å². The summed E-state index contributed by atoms with van der Waals surface area (Å²) in [6, 6.07) is 0.246. The standard InChI is InChI=1S/C17H25N3O2/c1-20-8-4-10(5-9-20)19-16(22)14-12-3-2-11(13(14)15(18)21)17(12)6-7-17/h2-3,10-14H,4-9H2,1H3,(H2,18,21)(H,19,22)/t11-,12+,13?,14?/m0/s1. The fourth-order valence-corrected chi connectivity index (χ4v) is 5.19. The summed E-state index contributed by atoms with van der Waals surface area (Å²) in [5.74, 6) is -0.365. The van der Waals surface area contributed by atoms with E-state index in [1.54, 1.807) is 0 Å². The molecule has 4 rings (SSSR count). The van der Waals surface area contributed by atoms with E-state index in [2.05, 4.69) is 29.4 Å². The van der Waals surface area contributed by atoms with Gasteiger partial charge in [-0.1, -0.05) is 12.2 Å². The Morgan fingerprint density at radius 3 is 2.27 bits per heavy atom. The summed E-state index contributed by atoms with van der Waals surface area (Å²) in [6.07, 6.45) is 8.58. The fourth-order valence-electron chi connectivity index (χ4n) is 5.19. The van der Waals surface area contributed by atoms with Gasteiger partial charge in [-0.25, -0.2) is 0 Å². The molecule has 4 atom stereocenters. The number of primary amides is 1. The molecular weight excluding hydrogens is 278 g/mol. The van der Waals surface area contributed by atoms with Gasteiger partial charge in [-0.3, -0.25) is 9.59 Å². The molecule has 0 aromatic heterocycles. The summed E-state index contributed by atoms with van der Waals surface area (Å²) < 4.78 is 0. The van der Waals surface area contributed by atoms with Crippen molar-refractivity contribution in [3.05, 3.63) is 12.2 Å². The monoisotopic (exact) mass is 303 g/mol. The van der Waals surface area contributed by atoms with Gasteiger partial charge >= 0.3 is 0 Å². The first kappa shape index (κ1) is 14.2. The number of carbonyl (C=O) groups excluding carboxylic acids is 2. The smallest absolute Gasteiger partial charge is 0.224 e. The number of nitrogens with zero attached hydrogens (tertiary/aromatic N) is 1. The highest BCUT2D eigenvalue weighted by atomic mass is 16.2. The van der Waals surface area contributed by atoms with Gasteiger partial charge in [0.15, 0.2) is 0 Å². The van der Waals surface area contributed by atoms with Crippen molar-refractivity contribution in [1.82, 2.24) is 10.2 Å². The number of allylic oxidation sites excluding steroid dienone is 2. The molecular formula is C17H25N3O2. The predicted octanol–water partition coefficient (Wildman–Crippen LogP) is 0.511. The zero-order valence-electron chi connectivity index (χ0n) is 13.1. The van der Waals surface area contributed by atoms with E-state index >= 15 is 0 Å². The quantitative estimate of drug-likeness (QED) is 0.746. The second kappa shape index (κ2) is 4.82. The van der Waals surface area contributed by atoms with Crippen LogP contribution < -0.4 is 11.1 Å². The van der Waals surface area contributed by atoms with E-state index in [1.807, 2.05) is 0 Å². The Morgan fingerprint density at radius 2 is 1.73 bits per heavy atom. The third-order valence-corrected chi connectivity index (χ3v) is 6.54. The van der Waals surface area contributed by atoms with Crippen LogP contribution in [-0.4, -0.2) is 42.9 Å². The van der Waals surface area contributed by atoms with Crippen LogP contribution in [0.25, 0.3) is 0 Å². The topological polar surface area (TPSA) is 75.4 Å². The van der Waals surface area contributed by atoms with Crippen LogP contribution in [0.2, 0.25) is 0 Å². The van der Waals surface area contributed by atoms with Gasteiger partial charge in [-0.15, -0.1) is 0 Å². The Morgan fingerprint density at radius 1 is 1.14 bits per heavy atom.